The fourth-order valence-electron chi connectivity index (χ4n) is 3.26. The molecular weight excluding hydrogens is 360 g/mol. The van der Waals surface area contributed by atoms with Crippen LogP contribution in [0.15, 0.2) is 60.7 Å². The van der Waals surface area contributed by atoms with Gasteiger partial charge in [0.25, 0.3) is 0 Å². The zero-order valence-corrected chi connectivity index (χ0v) is 16.3. The molecule has 2 aromatic carbocycles. The van der Waals surface area contributed by atoms with Crippen LogP contribution < -0.4 is 5.32 Å². The summed E-state index contributed by atoms with van der Waals surface area (Å²) in [6, 6.07) is 17.9. The van der Waals surface area contributed by atoms with Crippen molar-refractivity contribution in [2.75, 3.05) is 32.8 Å². The molecule has 0 saturated carbocycles. The summed E-state index contributed by atoms with van der Waals surface area (Å²) < 4.78 is 5.47. The summed E-state index contributed by atoms with van der Waals surface area (Å²) >= 11 is 6.03. The second kappa shape index (κ2) is 9.70. The number of carbonyl (C=O) groups excluding carboxylic acids is 1. The highest BCUT2D eigenvalue weighted by Crippen LogP contribution is 2.23. The molecular formula is C22H25ClN2O2. The highest BCUT2D eigenvalue weighted by molar-refractivity contribution is 6.30. The number of halogens is 1. The number of hydrogen-bond acceptors (Lipinski definition) is 3. The van der Waals surface area contributed by atoms with Gasteiger partial charge in [0, 0.05) is 30.7 Å². The zero-order chi connectivity index (χ0) is 19.1. The van der Waals surface area contributed by atoms with Gasteiger partial charge in [-0.2, -0.15) is 0 Å². The number of benzene rings is 2. The lowest BCUT2D eigenvalue weighted by molar-refractivity contribution is -0.116. The first kappa shape index (κ1) is 19.6. The van der Waals surface area contributed by atoms with Gasteiger partial charge >= 0.3 is 0 Å². The third kappa shape index (κ3) is 5.67. The molecule has 1 atom stereocenters. The van der Waals surface area contributed by atoms with Gasteiger partial charge in [0.1, 0.15) is 0 Å². The largest absolute Gasteiger partial charge is 0.379 e. The first-order chi connectivity index (χ1) is 13.1. The molecule has 1 aliphatic rings. The summed E-state index contributed by atoms with van der Waals surface area (Å²) in [5, 5.41) is 3.78. The van der Waals surface area contributed by atoms with E-state index in [1.54, 1.807) is 6.08 Å². The minimum absolute atomic E-state index is 0.0800. The van der Waals surface area contributed by atoms with Crippen molar-refractivity contribution >= 4 is 23.1 Å². The van der Waals surface area contributed by atoms with Crippen LogP contribution in [-0.2, 0) is 9.53 Å². The summed E-state index contributed by atoms with van der Waals surface area (Å²) in [5.74, 6) is -0.0800. The maximum Gasteiger partial charge on any atom is 0.244 e. The highest BCUT2D eigenvalue weighted by Gasteiger charge is 2.23. The lowest BCUT2D eigenvalue weighted by Gasteiger charge is -2.34. The number of amides is 1. The summed E-state index contributed by atoms with van der Waals surface area (Å²) in [7, 11) is 0. The van der Waals surface area contributed by atoms with E-state index in [9.17, 15) is 4.79 Å². The molecule has 1 heterocycles. The van der Waals surface area contributed by atoms with Crippen molar-refractivity contribution in [3.05, 3.63) is 76.8 Å². The molecule has 0 aliphatic carbocycles. The van der Waals surface area contributed by atoms with Crippen molar-refractivity contribution in [1.29, 1.82) is 0 Å². The number of nitrogens with zero attached hydrogens (tertiary/aromatic N) is 1. The third-order valence-corrected chi connectivity index (χ3v) is 5.04. The molecule has 4 nitrogen and oxygen atoms in total. The van der Waals surface area contributed by atoms with Gasteiger partial charge in [-0.3, -0.25) is 9.69 Å². The van der Waals surface area contributed by atoms with E-state index in [4.69, 9.17) is 16.3 Å². The number of morpholine rings is 1. The maximum atomic E-state index is 12.4. The Balaban J connectivity index is 1.68. The summed E-state index contributed by atoms with van der Waals surface area (Å²) in [5.41, 5.74) is 3.14. The maximum absolute atomic E-state index is 12.4. The summed E-state index contributed by atoms with van der Waals surface area (Å²) in [4.78, 5) is 14.8. The number of allylic oxidation sites excluding steroid dienone is 1. The van der Waals surface area contributed by atoms with E-state index in [1.807, 2.05) is 61.5 Å². The van der Waals surface area contributed by atoms with Crippen LogP contribution in [0.5, 0.6) is 0 Å². The molecule has 5 heteroatoms. The Kier molecular flexibility index (Phi) is 7.04. The smallest absolute Gasteiger partial charge is 0.244 e. The third-order valence-electron chi connectivity index (χ3n) is 4.79. The van der Waals surface area contributed by atoms with E-state index in [2.05, 4.69) is 10.2 Å². The monoisotopic (exact) mass is 384 g/mol. The molecule has 2 aromatic rings. The molecule has 27 heavy (non-hydrogen) atoms. The van der Waals surface area contributed by atoms with Gasteiger partial charge in [-0.25, -0.2) is 0 Å². The lowest BCUT2D eigenvalue weighted by atomic mass is 10.0. The van der Waals surface area contributed by atoms with E-state index < -0.39 is 0 Å². The van der Waals surface area contributed by atoms with Crippen molar-refractivity contribution in [2.45, 2.75) is 13.0 Å². The van der Waals surface area contributed by atoms with Crippen LogP contribution in [0.25, 0.3) is 5.57 Å². The van der Waals surface area contributed by atoms with Crippen molar-refractivity contribution in [2.24, 2.45) is 0 Å². The molecule has 1 unspecified atom stereocenters. The average Bonchev–Trinajstić information content (AvgIpc) is 2.71. The average molecular weight is 385 g/mol. The van der Waals surface area contributed by atoms with E-state index >= 15 is 0 Å². The molecule has 0 radical (unpaired) electrons. The lowest BCUT2D eigenvalue weighted by Crippen LogP contribution is -2.43. The Morgan fingerprint density at radius 2 is 1.81 bits per heavy atom. The van der Waals surface area contributed by atoms with E-state index in [0.717, 1.165) is 29.8 Å². The van der Waals surface area contributed by atoms with Crippen LogP contribution >= 0.6 is 11.6 Å². The van der Waals surface area contributed by atoms with Crippen LogP contribution in [0.2, 0.25) is 5.02 Å². The molecule has 0 spiro atoms. The minimum Gasteiger partial charge on any atom is -0.379 e. The van der Waals surface area contributed by atoms with E-state index in [0.29, 0.717) is 24.8 Å². The Bertz CT molecular complexity index is 769. The normalized spacial score (nSPS) is 16.7. The van der Waals surface area contributed by atoms with E-state index in [-0.39, 0.29) is 11.9 Å². The fourth-order valence-corrected chi connectivity index (χ4v) is 3.39. The number of rotatable bonds is 6. The Morgan fingerprint density at radius 1 is 1.15 bits per heavy atom. The van der Waals surface area contributed by atoms with Crippen LogP contribution in [0.1, 0.15) is 24.1 Å². The number of ether oxygens (including phenoxy) is 1. The standard InChI is InChI=1S/C22H25ClN2O2/c1-17(18-5-3-2-4-6-18)15-22(26)24-16-21(25-11-13-27-14-12-25)19-7-9-20(23)10-8-19/h2-10,15,21H,11-14,16H2,1H3,(H,24,26)/b17-15+. The Hall–Kier alpha value is -2.14. The zero-order valence-electron chi connectivity index (χ0n) is 15.5. The fraction of sp³-hybridized carbons (Fsp3) is 0.318. The Labute approximate surface area is 165 Å². The van der Waals surface area contributed by atoms with Crippen LogP contribution in [0, 0.1) is 0 Å². The summed E-state index contributed by atoms with van der Waals surface area (Å²) in [6.45, 7) is 5.62. The molecule has 0 bridgehead atoms. The molecule has 1 saturated heterocycles. The molecule has 1 amide bonds. The van der Waals surface area contributed by atoms with Crippen molar-refractivity contribution < 1.29 is 9.53 Å². The molecule has 1 N–H and O–H groups in total. The molecule has 142 valence electrons. The summed E-state index contributed by atoms with van der Waals surface area (Å²) in [6.07, 6.45) is 1.66. The van der Waals surface area contributed by atoms with Gasteiger partial charge in [-0.05, 0) is 35.8 Å². The molecule has 1 fully saturated rings. The van der Waals surface area contributed by atoms with Crippen molar-refractivity contribution in [1.82, 2.24) is 10.2 Å². The Morgan fingerprint density at radius 3 is 2.48 bits per heavy atom. The number of nitrogens with one attached hydrogen (secondary N) is 1. The van der Waals surface area contributed by atoms with Gasteiger partial charge < -0.3 is 10.1 Å². The van der Waals surface area contributed by atoms with Gasteiger partial charge in [0.05, 0.1) is 19.3 Å². The molecule has 1 aliphatic heterocycles. The highest BCUT2D eigenvalue weighted by atomic mass is 35.5. The SMILES string of the molecule is C/C(=C\C(=O)NCC(c1ccc(Cl)cc1)N1CCOCC1)c1ccccc1. The molecule has 0 aromatic heterocycles. The predicted molar refractivity (Wildman–Crippen MR) is 110 cm³/mol. The quantitative estimate of drug-likeness (QED) is 0.767. The van der Waals surface area contributed by atoms with Crippen molar-refractivity contribution in [3.8, 4) is 0 Å². The second-order valence-corrected chi connectivity index (χ2v) is 7.09. The van der Waals surface area contributed by atoms with Crippen LogP contribution in [0.3, 0.4) is 0 Å². The first-order valence-corrected chi connectivity index (χ1v) is 9.60. The van der Waals surface area contributed by atoms with Crippen molar-refractivity contribution in [3.63, 3.8) is 0 Å². The number of hydrogen-bond donors (Lipinski definition) is 1. The minimum atomic E-state index is -0.0800. The van der Waals surface area contributed by atoms with Gasteiger partial charge in [0.15, 0.2) is 0 Å². The van der Waals surface area contributed by atoms with Gasteiger partial charge in [-0.15, -0.1) is 0 Å². The predicted octanol–water partition coefficient (Wildman–Crippen LogP) is 3.93. The van der Waals surface area contributed by atoms with E-state index in [1.165, 1.54) is 0 Å². The molecule has 3 rings (SSSR count). The first-order valence-electron chi connectivity index (χ1n) is 9.22. The topological polar surface area (TPSA) is 41.6 Å². The van der Waals surface area contributed by atoms with Crippen LogP contribution in [0.4, 0.5) is 0 Å². The van der Waals surface area contributed by atoms with Gasteiger partial charge in [-0.1, -0.05) is 54.1 Å². The van der Waals surface area contributed by atoms with Gasteiger partial charge in [0.2, 0.25) is 5.91 Å². The number of carbonyl (C=O) groups is 1. The second-order valence-electron chi connectivity index (χ2n) is 6.65. The van der Waals surface area contributed by atoms with Crippen LogP contribution in [-0.4, -0.2) is 43.7 Å².